The maximum Gasteiger partial charge on any atom is 0.323 e. The first-order chi connectivity index (χ1) is 9.89. The molecule has 21 heavy (non-hydrogen) atoms. The zero-order chi connectivity index (χ0) is 15.6. The molecule has 0 spiro atoms. The Labute approximate surface area is 126 Å². The van der Waals surface area contributed by atoms with E-state index in [0.717, 1.165) is 17.6 Å². The Morgan fingerprint density at radius 2 is 2.00 bits per heavy atom. The van der Waals surface area contributed by atoms with Crippen molar-refractivity contribution in [2.75, 3.05) is 6.61 Å². The largest absolute Gasteiger partial charge is 0.465 e. The number of esters is 1. The summed E-state index contributed by atoms with van der Waals surface area (Å²) < 4.78 is 5.13. The minimum Gasteiger partial charge on any atom is -0.465 e. The summed E-state index contributed by atoms with van der Waals surface area (Å²) in [5, 5.41) is 0. The van der Waals surface area contributed by atoms with E-state index in [1.807, 2.05) is 12.1 Å². The average Bonchev–Trinajstić information content (AvgIpc) is 2.45. The van der Waals surface area contributed by atoms with Crippen LogP contribution in [0.3, 0.4) is 0 Å². The summed E-state index contributed by atoms with van der Waals surface area (Å²) >= 11 is 0. The first kappa shape index (κ1) is 15.5. The van der Waals surface area contributed by atoms with Gasteiger partial charge in [-0.05, 0) is 57.2 Å². The quantitative estimate of drug-likeness (QED) is 0.628. The average molecular weight is 286 g/mol. The van der Waals surface area contributed by atoms with Crippen LogP contribution in [0, 0.1) is 12.3 Å². The van der Waals surface area contributed by atoms with Gasteiger partial charge in [0.1, 0.15) is 5.41 Å². The molecule has 0 aromatic heterocycles. The van der Waals surface area contributed by atoms with E-state index in [1.54, 1.807) is 13.8 Å². The molecule has 1 atom stereocenters. The van der Waals surface area contributed by atoms with Gasteiger partial charge in [-0.15, -0.1) is 0 Å². The molecule has 3 heteroatoms. The summed E-state index contributed by atoms with van der Waals surface area (Å²) in [5.74, 6) is -0.609. The third-order valence-electron chi connectivity index (χ3n) is 4.32. The molecule has 3 nitrogen and oxygen atoms in total. The number of aryl methyl sites for hydroxylation is 2. The Morgan fingerprint density at radius 1 is 1.29 bits per heavy atom. The van der Waals surface area contributed by atoms with Crippen LogP contribution < -0.4 is 0 Å². The Balaban J connectivity index is 2.45. The molecular formula is C18H22O3. The number of ether oxygens (including phenoxy) is 1. The van der Waals surface area contributed by atoms with Crippen LogP contribution in [0.25, 0.3) is 6.08 Å². The first-order valence-electron chi connectivity index (χ1n) is 7.38. The topological polar surface area (TPSA) is 43.4 Å². The predicted molar refractivity (Wildman–Crippen MR) is 82.9 cm³/mol. The summed E-state index contributed by atoms with van der Waals surface area (Å²) in [4.78, 5) is 24.4. The van der Waals surface area contributed by atoms with Gasteiger partial charge in [0.15, 0.2) is 5.78 Å². The fourth-order valence-corrected chi connectivity index (χ4v) is 2.79. The third-order valence-corrected chi connectivity index (χ3v) is 4.32. The summed E-state index contributed by atoms with van der Waals surface area (Å²) in [7, 11) is 0. The normalized spacial score (nSPS) is 16.5. The monoisotopic (exact) mass is 286 g/mol. The van der Waals surface area contributed by atoms with Gasteiger partial charge in [0.25, 0.3) is 0 Å². The van der Waals surface area contributed by atoms with Crippen LogP contribution in [-0.4, -0.2) is 18.4 Å². The second-order valence-corrected chi connectivity index (χ2v) is 5.77. The molecule has 2 rings (SSSR count). The van der Waals surface area contributed by atoms with Gasteiger partial charge in [-0.1, -0.05) is 29.8 Å². The minimum absolute atomic E-state index is 0.164. The first-order valence-corrected chi connectivity index (χ1v) is 7.38. The van der Waals surface area contributed by atoms with Crippen molar-refractivity contribution < 1.29 is 14.3 Å². The number of carbonyl (C=O) groups is 2. The van der Waals surface area contributed by atoms with Crippen LogP contribution in [0.15, 0.2) is 23.8 Å². The highest BCUT2D eigenvalue weighted by atomic mass is 16.5. The molecule has 0 amide bonds. The number of ketones is 1. The number of Topliss-reactive ketones (excluding diaryl/α,β-unsaturated/α-hetero) is 1. The summed E-state index contributed by atoms with van der Waals surface area (Å²) in [5.41, 5.74) is 3.28. The molecule has 0 fully saturated rings. The van der Waals surface area contributed by atoms with E-state index in [0.29, 0.717) is 6.42 Å². The zero-order valence-corrected chi connectivity index (χ0v) is 13.2. The molecule has 0 saturated carbocycles. The van der Waals surface area contributed by atoms with Gasteiger partial charge in [-0.25, -0.2) is 0 Å². The van der Waals surface area contributed by atoms with Crippen LogP contribution in [0.5, 0.6) is 0 Å². The van der Waals surface area contributed by atoms with Crippen LogP contribution in [-0.2, 0) is 20.7 Å². The van der Waals surface area contributed by atoms with Gasteiger partial charge >= 0.3 is 5.97 Å². The predicted octanol–water partition coefficient (Wildman–Crippen LogP) is 3.48. The lowest BCUT2D eigenvalue weighted by Crippen LogP contribution is -2.39. The Hall–Kier alpha value is -1.90. The van der Waals surface area contributed by atoms with Gasteiger partial charge in [0.05, 0.1) is 6.61 Å². The van der Waals surface area contributed by atoms with Crippen molar-refractivity contribution in [1.82, 2.24) is 0 Å². The van der Waals surface area contributed by atoms with Crippen molar-refractivity contribution in [3.8, 4) is 0 Å². The van der Waals surface area contributed by atoms with Crippen molar-refractivity contribution in [3.05, 3.63) is 40.5 Å². The van der Waals surface area contributed by atoms with E-state index in [2.05, 4.69) is 19.1 Å². The lowest BCUT2D eigenvalue weighted by Gasteiger charge is -2.30. The molecular weight excluding hydrogens is 264 g/mol. The highest BCUT2D eigenvalue weighted by Crippen LogP contribution is 2.38. The highest BCUT2D eigenvalue weighted by Gasteiger charge is 2.43. The van der Waals surface area contributed by atoms with Crippen molar-refractivity contribution in [2.24, 2.45) is 5.41 Å². The summed E-state index contributed by atoms with van der Waals surface area (Å²) in [6.07, 6.45) is 3.55. The van der Waals surface area contributed by atoms with Gasteiger partial charge in [-0.2, -0.15) is 0 Å². The molecule has 0 radical (unpaired) electrons. The summed E-state index contributed by atoms with van der Waals surface area (Å²) in [6.45, 7) is 7.25. The molecule has 1 unspecified atom stereocenters. The van der Waals surface area contributed by atoms with Gasteiger partial charge in [0.2, 0.25) is 0 Å². The van der Waals surface area contributed by atoms with Crippen LogP contribution in [0.1, 0.15) is 43.9 Å². The standard InChI is InChI=1S/C18H22O3/c1-5-21-17(20)18(4,13(3)19)16-9-8-14-10-12(2)6-7-15(14)11-16/h6-7,10-11H,5,8-9H2,1-4H3. The van der Waals surface area contributed by atoms with E-state index < -0.39 is 11.4 Å². The summed E-state index contributed by atoms with van der Waals surface area (Å²) in [6, 6.07) is 6.27. The Morgan fingerprint density at radius 3 is 2.62 bits per heavy atom. The number of rotatable bonds is 4. The molecule has 0 aliphatic heterocycles. The Bertz CT molecular complexity index is 613. The molecule has 0 bridgehead atoms. The second kappa shape index (κ2) is 5.84. The lowest BCUT2D eigenvalue weighted by atomic mass is 9.73. The lowest BCUT2D eigenvalue weighted by molar-refractivity contribution is -0.155. The van der Waals surface area contributed by atoms with Gasteiger partial charge in [-0.3, -0.25) is 9.59 Å². The zero-order valence-electron chi connectivity index (χ0n) is 13.2. The third kappa shape index (κ3) is 2.78. The number of carbonyl (C=O) groups excluding carboxylic acids is 2. The van der Waals surface area contributed by atoms with Gasteiger partial charge in [0, 0.05) is 0 Å². The molecule has 0 N–H and O–H groups in total. The van der Waals surface area contributed by atoms with E-state index in [1.165, 1.54) is 18.1 Å². The molecule has 1 aliphatic carbocycles. The van der Waals surface area contributed by atoms with E-state index in [9.17, 15) is 9.59 Å². The molecule has 112 valence electrons. The molecule has 0 heterocycles. The fraction of sp³-hybridized carbons (Fsp3) is 0.444. The number of benzene rings is 1. The minimum atomic E-state index is -1.17. The van der Waals surface area contributed by atoms with Crippen LogP contribution in [0.2, 0.25) is 0 Å². The van der Waals surface area contributed by atoms with Crippen molar-refractivity contribution in [2.45, 2.75) is 40.5 Å². The van der Waals surface area contributed by atoms with Crippen molar-refractivity contribution in [3.63, 3.8) is 0 Å². The number of hydrogen-bond donors (Lipinski definition) is 0. The van der Waals surface area contributed by atoms with E-state index in [4.69, 9.17) is 4.74 Å². The number of fused-ring (bicyclic) bond motifs is 1. The molecule has 1 aliphatic rings. The number of hydrogen-bond acceptors (Lipinski definition) is 3. The Kier molecular flexibility index (Phi) is 4.31. The molecule has 0 saturated heterocycles. The maximum absolute atomic E-state index is 12.3. The molecule has 1 aromatic carbocycles. The SMILES string of the molecule is CCOC(=O)C(C)(C(C)=O)C1=Cc2ccc(C)cc2CC1. The highest BCUT2D eigenvalue weighted by molar-refractivity contribution is 6.06. The molecule has 1 aromatic rings. The van der Waals surface area contributed by atoms with Gasteiger partial charge < -0.3 is 4.74 Å². The van der Waals surface area contributed by atoms with Crippen molar-refractivity contribution in [1.29, 1.82) is 0 Å². The smallest absolute Gasteiger partial charge is 0.323 e. The second-order valence-electron chi connectivity index (χ2n) is 5.77. The van der Waals surface area contributed by atoms with E-state index in [-0.39, 0.29) is 12.4 Å². The van der Waals surface area contributed by atoms with Crippen LogP contribution >= 0.6 is 0 Å². The maximum atomic E-state index is 12.3. The van der Waals surface area contributed by atoms with Crippen molar-refractivity contribution >= 4 is 17.8 Å². The fourth-order valence-electron chi connectivity index (χ4n) is 2.79. The van der Waals surface area contributed by atoms with E-state index >= 15 is 0 Å². The van der Waals surface area contributed by atoms with Crippen LogP contribution in [0.4, 0.5) is 0 Å².